The molecule has 0 unspecified atom stereocenters. The van der Waals surface area contributed by atoms with E-state index in [4.69, 9.17) is 14.9 Å². The lowest BCUT2D eigenvalue weighted by atomic mass is 9.87. The molecule has 2 aromatic heterocycles. The molecule has 0 fully saturated rings. The van der Waals surface area contributed by atoms with Gasteiger partial charge in [0.05, 0.1) is 16.4 Å². The van der Waals surface area contributed by atoms with Gasteiger partial charge in [0, 0.05) is 22.9 Å². The minimum Gasteiger partial charge on any atom is -0.460 e. The monoisotopic (exact) mass is 405 g/mol. The van der Waals surface area contributed by atoms with E-state index in [1.165, 1.54) is 6.07 Å². The van der Waals surface area contributed by atoms with Gasteiger partial charge in [-0.3, -0.25) is 15.2 Å². The van der Waals surface area contributed by atoms with Crippen LogP contribution in [0.5, 0.6) is 5.88 Å². The van der Waals surface area contributed by atoms with Crippen molar-refractivity contribution in [2.75, 3.05) is 0 Å². The van der Waals surface area contributed by atoms with E-state index in [0.717, 1.165) is 24.1 Å². The molecule has 1 atom stereocenters. The molecule has 0 spiro atoms. The molecule has 30 heavy (non-hydrogen) atoms. The van der Waals surface area contributed by atoms with Crippen LogP contribution in [0.3, 0.4) is 0 Å². The standard InChI is InChI=1S/C21H19N5O4/c1-3-5-14-19-18(13(10-22)20(23)30-21(19)25-24-14)17-9-8-16(29-17)12-6-4-7-15(11(12)2)26(27)28/h4,6-9,18H,3,5,23H2,1-2H3,(H,24,25)/t18-/m0/s1. The van der Waals surface area contributed by atoms with E-state index in [1.807, 2.05) is 6.92 Å². The van der Waals surface area contributed by atoms with E-state index >= 15 is 0 Å². The molecule has 9 heteroatoms. The highest BCUT2D eigenvalue weighted by Gasteiger charge is 2.37. The summed E-state index contributed by atoms with van der Waals surface area (Å²) in [6.45, 7) is 3.72. The van der Waals surface area contributed by atoms with Gasteiger partial charge in [0.25, 0.3) is 5.69 Å². The third-order valence-electron chi connectivity index (χ3n) is 5.20. The number of ether oxygens (including phenoxy) is 1. The number of rotatable bonds is 5. The Labute approximate surface area is 171 Å². The highest BCUT2D eigenvalue weighted by molar-refractivity contribution is 5.68. The van der Waals surface area contributed by atoms with Gasteiger partial charge in [0.15, 0.2) is 0 Å². The molecule has 3 aromatic rings. The van der Waals surface area contributed by atoms with E-state index in [9.17, 15) is 15.4 Å². The third-order valence-corrected chi connectivity index (χ3v) is 5.20. The van der Waals surface area contributed by atoms with Crippen LogP contribution in [0.2, 0.25) is 0 Å². The number of hydrogen-bond acceptors (Lipinski definition) is 7. The number of hydrogen-bond donors (Lipinski definition) is 2. The van der Waals surface area contributed by atoms with Crippen LogP contribution in [-0.4, -0.2) is 15.1 Å². The van der Waals surface area contributed by atoms with Crippen LogP contribution in [-0.2, 0) is 6.42 Å². The van der Waals surface area contributed by atoms with Crippen molar-refractivity contribution in [3.63, 3.8) is 0 Å². The third kappa shape index (κ3) is 2.99. The maximum Gasteiger partial charge on any atom is 0.273 e. The number of nitrogens with zero attached hydrogens (tertiary/aromatic N) is 3. The average molecular weight is 405 g/mol. The summed E-state index contributed by atoms with van der Waals surface area (Å²) < 4.78 is 11.6. The molecule has 3 heterocycles. The van der Waals surface area contributed by atoms with E-state index < -0.39 is 10.8 Å². The predicted octanol–water partition coefficient (Wildman–Crippen LogP) is 4.06. The molecule has 0 bridgehead atoms. The molecule has 0 saturated carbocycles. The first-order valence-corrected chi connectivity index (χ1v) is 9.45. The first-order chi connectivity index (χ1) is 14.5. The number of furan rings is 1. The second-order valence-electron chi connectivity index (χ2n) is 7.00. The van der Waals surface area contributed by atoms with Crippen LogP contribution in [0.1, 0.15) is 41.8 Å². The van der Waals surface area contributed by atoms with Gasteiger partial charge in [-0.05, 0) is 25.5 Å². The number of aryl methyl sites for hydroxylation is 1. The van der Waals surface area contributed by atoms with Crippen molar-refractivity contribution in [2.24, 2.45) is 5.73 Å². The highest BCUT2D eigenvalue weighted by atomic mass is 16.6. The van der Waals surface area contributed by atoms with Crippen molar-refractivity contribution in [3.8, 4) is 23.3 Å². The van der Waals surface area contributed by atoms with Crippen LogP contribution >= 0.6 is 0 Å². The van der Waals surface area contributed by atoms with Gasteiger partial charge in [-0.1, -0.05) is 25.5 Å². The van der Waals surface area contributed by atoms with Crippen molar-refractivity contribution in [2.45, 2.75) is 32.6 Å². The Morgan fingerprint density at radius 3 is 2.87 bits per heavy atom. The van der Waals surface area contributed by atoms with Gasteiger partial charge in [0.2, 0.25) is 11.8 Å². The fourth-order valence-electron chi connectivity index (χ4n) is 3.77. The maximum absolute atomic E-state index is 11.3. The molecule has 0 amide bonds. The van der Waals surface area contributed by atoms with Gasteiger partial charge in [-0.25, -0.2) is 0 Å². The minimum absolute atomic E-state index is 0.0146. The fourth-order valence-corrected chi connectivity index (χ4v) is 3.77. The lowest BCUT2D eigenvalue weighted by molar-refractivity contribution is -0.385. The number of benzene rings is 1. The SMILES string of the molecule is CCCc1[nH]nc2c1[C@H](c1ccc(-c3cccc([N+](=O)[O-])c3C)o1)C(C#N)=C(N)O2. The zero-order chi connectivity index (χ0) is 21.4. The van der Waals surface area contributed by atoms with Gasteiger partial charge < -0.3 is 14.9 Å². The van der Waals surface area contributed by atoms with Crippen LogP contribution < -0.4 is 10.5 Å². The Morgan fingerprint density at radius 2 is 2.17 bits per heavy atom. The number of fused-ring (bicyclic) bond motifs is 1. The average Bonchev–Trinajstić information content (AvgIpc) is 3.35. The zero-order valence-electron chi connectivity index (χ0n) is 16.4. The number of nitro groups is 1. The Morgan fingerprint density at radius 1 is 1.37 bits per heavy atom. The van der Waals surface area contributed by atoms with E-state index in [2.05, 4.69) is 16.3 Å². The van der Waals surface area contributed by atoms with Crippen LogP contribution in [0, 0.1) is 28.4 Å². The fraction of sp³-hybridized carbons (Fsp3) is 0.238. The number of H-pyrrole nitrogens is 1. The Kier molecular flexibility index (Phi) is 4.75. The first kappa shape index (κ1) is 19.3. The number of aromatic amines is 1. The summed E-state index contributed by atoms with van der Waals surface area (Å²) in [5, 5.41) is 28.2. The van der Waals surface area contributed by atoms with Crippen LogP contribution in [0.15, 0.2) is 46.2 Å². The Bertz CT molecular complexity index is 1210. The molecule has 1 aromatic carbocycles. The van der Waals surface area contributed by atoms with Crippen molar-refractivity contribution in [1.29, 1.82) is 5.26 Å². The molecule has 4 rings (SSSR count). The van der Waals surface area contributed by atoms with Gasteiger partial charge in [-0.2, -0.15) is 5.26 Å². The summed E-state index contributed by atoms with van der Waals surface area (Å²) in [4.78, 5) is 10.9. The molecule has 1 aliphatic rings. The highest BCUT2D eigenvalue weighted by Crippen LogP contribution is 2.44. The summed E-state index contributed by atoms with van der Waals surface area (Å²) >= 11 is 0. The molecular formula is C21H19N5O4. The summed E-state index contributed by atoms with van der Waals surface area (Å²) in [6.07, 6.45) is 1.59. The quantitative estimate of drug-likeness (QED) is 0.481. The van der Waals surface area contributed by atoms with E-state index in [-0.39, 0.29) is 17.1 Å². The Balaban J connectivity index is 1.84. The predicted molar refractivity (Wildman–Crippen MR) is 107 cm³/mol. The van der Waals surface area contributed by atoms with Crippen molar-refractivity contribution in [3.05, 3.63) is 74.5 Å². The largest absolute Gasteiger partial charge is 0.460 e. The zero-order valence-corrected chi connectivity index (χ0v) is 16.4. The molecular weight excluding hydrogens is 386 g/mol. The van der Waals surface area contributed by atoms with Crippen molar-refractivity contribution < 1.29 is 14.1 Å². The summed E-state index contributed by atoms with van der Waals surface area (Å²) in [6, 6.07) is 10.4. The normalized spacial score (nSPS) is 15.4. The topological polar surface area (TPSA) is 144 Å². The van der Waals surface area contributed by atoms with Gasteiger partial charge in [0.1, 0.15) is 23.2 Å². The van der Waals surface area contributed by atoms with Gasteiger partial charge in [-0.15, -0.1) is 5.10 Å². The summed E-state index contributed by atoms with van der Waals surface area (Å²) in [5.74, 6) is 0.680. The van der Waals surface area contributed by atoms with Crippen LogP contribution in [0.4, 0.5) is 5.69 Å². The molecule has 152 valence electrons. The lowest BCUT2D eigenvalue weighted by Crippen LogP contribution is -2.21. The smallest absolute Gasteiger partial charge is 0.273 e. The molecule has 1 aliphatic heterocycles. The van der Waals surface area contributed by atoms with E-state index in [1.54, 1.807) is 31.2 Å². The number of allylic oxidation sites excluding steroid dienone is 1. The second kappa shape index (κ2) is 7.40. The first-order valence-electron chi connectivity index (χ1n) is 9.45. The minimum atomic E-state index is -0.577. The molecule has 3 N–H and O–H groups in total. The number of nitriles is 1. The summed E-state index contributed by atoms with van der Waals surface area (Å²) in [5.41, 5.74) is 8.91. The van der Waals surface area contributed by atoms with Crippen molar-refractivity contribution in [1.82, 2.24) is 10.2 Å². The molecule has 0 aliphatic carbocycles. The van der Waals surface area contributed by atoms with Crippen molar-refractivity contribution >= 4 is 5.69 Å². The lowest BCUT2D eigenvalue weighted by Gasteiger charge is -2.22. The molecule has 0 radical (unpaired) electrons. The maximum atomic E-state index is 11.3. The number of nitrogens with one attached hydrogen (secondary N) is 1. The summed E-state index contributed by atoms with van der Waals surface area (Å²) in [7, 11) is 0. The van der Waals surface area contributed by atoms with E-state index in [0.29, 0.717) is 28.5 Å². The second-order valence-corrected chi connectivity index (χ2v) is 7.00. The molecule has 9 nitrogen and oxygen atoms in total. The number of nitro benzene ring substituents is 1. The van der Waals surface area contributed by atoms with Gasteiger partial charge >= 0.3 is 0 Å². The molecule has 0 saturated heterocycles. The number of nitrogens with two attached hydrogens (primary N) is 1. The van der Waals surface area contributed by atoms with Crippen LogP contribution in [0.25, 0.3) is 11.3 Å². The Hall–Kier alpha value is -4.06. The number of aromatic nitrogens is 2.